The first-order chi connectivity index (χ1) is 8.13. The molecule has 0 bridgehead atoms. The Morgan fingerprint density at radius 2 is 1.41 bits per heavy atom. The largest absolute Gasteiger partial charge is 0.311 e. The topological polar surface area (TPSA) is 12.0 Å². The van der Waals surface area contributed by atoms with Crippen molar-refractivity contribution < 1.29 is 0 Å². The molecule has 3 rings (SSSR count). The Hall–Kier alpha value is -0.0400. The quantitative estimate of drug-likeness (QED) is 0.673. The molecule has 98 valence electrons. The van der Waals surface area contributed by atoms with Crippen LogP contribution in [0.15, 0.2) is 0 Å². The number of hydrogen-bond donors (Lipinski definition) is 1. The van der Waals surface area contributed by atoms with Gasteiger partial charge in [0.15, 0.2) is 0 Å². The van der Waals surface area contributed by atoms with Gasteiger partial charge in [-0.2, -0.15) is 0 Å². The van der Waals surface area contributed by atoms with E-state index in [0.717, 1.165) is 41.7 Å². The number of piperidine rings is 1. The number of fused-ring (bicyclic) bond motifs is 2. The van der Waals surface area contributed by atoms with Crippen LogP contribution in [-0.4, -0.2) is 12.1 Å². The fourth-order valence-electron chi connectivity index (χ4n) is 4.76. The van der Waals surface area contributed by atoms with E-state index < -0.39 is 0 Å². The molecule has 0 aromatic carbocycles. The van der Waals surface area contributed by atoms with Crippen molar-refractivity contribution in [3.8, 4) is 0 Å². The molecule has 3 aliphatic rings. The lowest BCUT2D eigenvalue weighted by Crippen LogP contribution is -2.56. The highest BCUT2D eigenvalue weighted by Crippen LogP contribution is 2.44. The zero-order chi connectivity index (χ0) is 12.0. The SMILES string of the molecule is CC1CCC2CC3CC(C)C(C)CC3NC2C1. The predicted octanol–water partition coefficient (Wildman–Crippen LogP) is 3.84. The van der Waals surface area contributed by atoms with Gasteiger partial charge in [0, 0.05) is 12.1 Å². The van der Waals surface area contributed by atoms with Crippen molar-refractivity contribution >= 4 is 0 Å². The van der Waals surface area contributed by atoms with E-state index in [2.05, 4.69) is 26.1 Å². The molecule has 1 saturated heterocycles. The summed E-state index contributed by atoms with van der Waals surface area (Å²) in [5, 5.41) is 4.04. The van der Waals surface area contributed by atoms with E-state index in [1.54, 1.807) is 0 Å². The van der Waals surface area contributed by atoms with Crippen LogP contribution in [0.5, 0.6) is 0 Å². The molecule has 1 heterocycles. The summed E-state index contributed by atoms with van der Waals surface area (Å²) in [7, 11) is 0. The summed E-state index contributed by atoms with van der Waals surface area (Å²) < 4.78 is 0. The van der Waals surface area contributed by atoms with Crippen LogP contribution in [-0.2, 0) is 0 Å². The minimum absolute atomic E-state index is 0.854. The number of hydrogen-bond acceptors (Lipinski definition) is 1. The molecule has 7 unspecified atom stereocenters. The third-order valence-electron chi connectivity index (χ3n) is 6.13. The first-order valence-electron chi connectivity index (χ1n) is 7.89. The highest BCUT2D eigenvalue weighted by atomic mass is 15.0. The van der Waals surface area contributed by atoms with Crippen molar-refractivity contribution in [1.29, 1.82) is 0 Å². The van der Waals surface area contributed by atoms with Gasteiger partial charge < -0.3 is 5.32 Å². The fourth-order valence-corrected chi connectivity index (χ4v) is 4.76. The molecule has 3 fully saturated rings. The van der Waals surface area contributed by atoms with Gasteiger partial charge in [0.1, 0.15) is 0 Å². The number of rotatable bonds is 0. The van der Waals surface area contributed by atoms with Crippen molar-refractivity contribution in [2.24, 2.45) is 29.6 Å². The molecule has 2 aliphatic carbocycles. The molecule has 0 aromatic rings. The average Bonchev–Trinajstić information content (AvgIpc) is 2.28. The Bertz CT molecular complexity index is 275. The Morgan fingerprint density at radius 1 is 0.706 bits per heavy atom. The second-order valence-electron chi connectivity index (χ2n) is 7.48. The Labute approximate surface area is 107 Å². The molecule has 1 heteroatoms. The fraction of sp³-hybridized carbons (Fsp3) is 1.00. The van der Waals surface area contributed by atoms with Gasteiger partial charge in [-0.15, -0.1) is 0 Å². The Morgan fingerprint density at radius 3 is 2.24 bits per heavy atom. The summed E-state index contributed by atoms with van der Waals surface area (Å²) in [6, 6.07) is 1.72. The zero-order valence-electron chi connectivity index (χ0n) is 11.8. The molecular formula is C16H29N. The first-order valence-corrected chi connectivity index (χ1v) is 7.89. The van der Waals surface area contributed by atoms with Gasteiger partial charge in [0.25, 0.3) is 0 Å². The first kappa shape index (κ1) is 12.0. The molecule has 0 amide bonds. The monoisotopic (exact) mass is 235 g/mol. The van der Waals surface area contributed by atoms with E-state index in [1.165, 1.54) is 38.5 Å². The van der Waals surface area contributed by atoms with Gasteiger partial charge in [-0.3, -0.25) is 0 Å². The lowest BCUT2D eigenvalue weighted by molar-refractivity contribution is 0.0466. The summed E-state index contributed by atoms with van der Waals surface area (Å²) in [6.07, 6.45) is 8.86. The van der Waals surface area contributed by atoms with Crippen LogP contribution < -0.4 is 5.32 Å². The maximum absolute atomic E-state index is 4.04. The van der Waals surface area contributed by atoms with Gasteiger partial charge in [-0.05, 0) is 61.7 Å². The molecule has 0 aromatic heterocycles. The molecule has 0 spiro atoms. The molecule has 2 saturated carbocycles. The van der Waals surface area contributed by atoms with Crippen molar-refractivity contribution in [3.05, 3.63) is 0 Å². The summed E-state index contributed by atoms with van der Waals surface area (Å²) in [5.74, 6) is 4.85. The van der Waals surface area contributed by atoms with E-state index in [0.29, 0.717) is 0 Å². The van der Waals surface area contributed by atoms with Gasteiger partial charge in [0.05, 0.1) is 0 Å². The molecule has 1 nitrogen and oxygen atoms in total. The van der Waals surface area contributed by atoms with Crippen LogP contribution in [0.25, 0.3) is 0 Å². The summed E-state index contributed by atoms with van der Waals surface area (Å²) in [6.45, 7) is 7.36. The second kappa shape index (κ2) is 4.57. The van der Waals surface area contributed by atoms with E-state index in [-0.39, 0.29) is 0 Å². The highest BCUT2D eigenvalue weighted by molar-refractivity contribution is 4.98. The van der Waals surface area contributed by atoms with Crippen LogP contribution in [0.1, 0.15) is 59.3 Å². The molecular weight excluding hydrogens is 206 g/mol. The van der Waals surface area contributed by atoms with Crippen molar-refractivity contribution in [2.75, 3.05) is 0 Å². The smallest absolute Gasteiger partial charge is 0.0101 e. The third kappa shape index (κ3) is 2.28. The van der Waals surface area contributed by atoms with Crippen molar-refractivity contribution in [1.82, 2.24) is 5.32 Å². The van der Waals surface area contributed by atoms with Crippen molar-refractivity contribution in [3.63, 3.8) is 0 Å². The second-order valence-corrected chi connectivity index (χ2v) is 7.48. The van der Waals surface area contributed by atoms with Gasteiger partial charge in [-0.1, -0.05) is 27.2 Å². The van der Waals surface area contributed by atoms with Crippen molar-refractivity contribution in [2.45, 2.75) is 71.4 Å². The minimum Gasteiger partial charge on any atom is -0.311 e. The van der Waals surface area contributed by atoms with E-state index in [1.807, 2.05) is 0 Å². The highest BCUT2D eigenvalue weighted by Gasteiger charge is 2.42. The summed E-state index contributed by atoms with van der Waals surface area (Å²) in [4.78, 5) is 0. The molecule has 7 atom stereocenters. The maximum Gasteiger partial charge on any atom is 0.0101 e. The van der Waals surface area contributed by atoms with Gasteiger partial charge in [-0.25, -0.2) is 0 Å². The van der Waals surface area contributed by atoms with E-state index in [9.17, 15) is 0 Å². The van der Waals surface area contributed by atoms with Crippen LogP contribution in [0.2, 0.25) is 0 Å². The average molecular weight is 235 g/mol. The normalized spacial score (nSPS) is 54.9. The molecule has 17 heavy (non-hydrogen) atoms. The summed E-state index contributed by atoms with van der Waals surface area (Å²) >= 11 is 0. The molecule has 0 radical (unpaired) electrons. The Kier molecular flexibility index (Phi) is 3.23. The van der Waals surface area contributed by atoms with Gasteiger partial charge >= 0.3 is 0 Å². The molecule has 1 N–H and O–H groups in total. The summed E-state index contributed by atoms with van der Waals surface area (Å²) in [5.41, 5.74) is 0. The van der Waals surface area contributed by atoms with Gasteiger partial charge in [0.2, 0.25) is 0 Å². The lowest BCUT2D eigenvalue weighted by Gasteiger charge is -2.50. The third-order valence-corrected chi connectivity index (χ3v) is 6.13. The standard InChI is InChI=1S/C16H29N/c1-10-4-5-13-9-14-7-11(2)12(3)8-16(14)17-15(13)6-10/h10-17H,4-9H2,1-3H3. The predicted molar refractivity (Wildman–Crippen MR) is 72.9 cm³/mol. The lowest BCUT2D eigenvalue weighted by atomic mass is 9.64. The zero-order valence-corrected chi connectivity index (χ0v) is 11.8. The minimum atomic E-state index is 0.854. The Balaban J connectivity index is 1.68. The maximum atomic E-state index is 4.04. The van der Waals surface area contributed by atoms with Crippen LogP contribution in [0.3, 0.4) is 0 Å². The van der Waals surface area contributed by atoms with Crippen LogP contribution >= 0.6 is 0 Å². The number of nitrogens with one attached hydrogen (secondary N) is 1. The van der Waals surface area contributed by atoms with Crippen LogP contribution in [0, 0.1) is 29.6 Å². The molecule has 1 aliphatic heterocycles. The van der Waals surface area contributed by atoms with E-state index >= 15 is 0 Å². The van der Waals surface area contributed by atoms with Crippen LogP contribution in [0.4, 0.5) is 0 Å². The van der Waals surface area contributed by atoms with E-state index in [4.69, 9.17) is 0 Å².